The third kappa shape index (κ3) is 9.62. The number of aromatic hydroxyl groups is 1. The van der Waals surface area contributed by atoms with Crippen molar-refractivity contribution in [3.8, 4) is 5.75 Å². The van der Waals surface area contributed by atoms with E-state index in [1.54, 1.807) is 24.5 Å². The second-order valence-electron chi connectivity index (χ2n) is 15.5. The molecule has 53 heavy (non-hydrogen) atoms. The number of rotatable bonds is 16. The first kappa shape index (κ1) is 37.5. The Morgan fingerprint density at radius 3 is 2.23 bits per heavy atom. The third-order valence-corrected chi connectivity index (χ3v) is 11.2. The number of aromatic nitrogens is 3. The first-order valence-electron chi connectivity index (χ1n) is 18.5. The van der Waals surface area contributed by atoms with E-state index >= 15 is 0 Å². The molecule has 0 saturated heterocycles. The zero-order valence-electron chi connectivity index (χ0n) is 30.4. The molecule has 3 amide bonds. The second-order valence-corrected chi connectivity index (χ2v) is 15.5. The first-order chi connectivity index (χ1) is 25.3. The van der Waals surface area contributed by atoms with Crippen LogP contribution in [0.5, 0.6) is 5.75 Å². The van der Waals surface area contributed by atoms with Gasteiger partial charge in [-0.25, -0.2) is 4.79 Å². The van der Waals surface area contributed by atoms with Gasteiger partial charge in [0.25, 0.3) is 5.91 Å². The van der Waals surface area contributed by atoms with Gasteiger partial charge in [-0.05, 0) is 135 Å². The Morgan fingerprint density at radius 2 is 1.62 bits per heavy atom. The topological polar surface area (TPSA) is 247 Å². The highest BCUT2D eigenvalue weighted by molar-refractivity contribution is 5.90. The number of phenols is 1. The molecular formula is C38H51N9O6. The van der Waals surface area contributed by atoms with E-state index in [4.69, 9.17) is 31.4 Å². The van der Waals surface area contributed by atoms with E-state index < -0.39 is 36.1 Å². The average Bonchev–Trinajstić information content (AvgIpc) is 3.54. The number of pyridine rings is 1. The Hall–Kier alpha value is -5.21. The lowest BCUT2D eigenvalue weighted by Gasteiger charge is -2.56. The minimum Gasteiger partial charge on any atom is -0.508 e. The molecule has 2 heterocycles. The van der Waals surface area contributed by atoms with Gasteiger partial charge in [-0.1, -0.05) is 5.16 Å². The number of nitrogens with zero attached hydrogens (tertiary/aromatic N) is 4. The molecule has 4 aliphatic rings. The van der Waals surface area contributed by atoms with Crippen LogP contribution in [0.4, 0.5) is 4.79 Å². The van der Waals surface area contributed by atoms with E-state index in [1.165, 1.54) is 38.5 Å². The number of phenolic OH excluding ortho intramolecular Hbond substituents is 1. The number of nitrogens with one attached hydrogen (secondary N) is 2. The fourth-order valence-electron chi connectivity index (χ4n) is 9.39. The lowest BCUT2D eigenvalue weighted by molar-refractivity contribution is -0.134. The number of benzene rings is 1. The van der Waals surface area contributed by atoms with Gasteiger partial charge in [0.2, 0.25) is 11.8 Å². The van der Waals surface area contributed by atoms with Crippen LogP contribution in [0, 0.1) is 37.0 Å². The number of aryl methyl sites for hydroxylation is 2. The van der Waals surface area contributed by atoms with E-state index in [2.05, 4.69) is 25.8 Å². The van der Waals surface area contributed by atoms with Crippen molar-refractivity contribution in [2.75, 3.05) is 6.54 Å². The predicted molar refractivity (Wildman–Crippen MR) is 195 cm³/mol. The lowest BCUT2D eigenvalue weighted by Crippen LogP contribution is -2.52. The van der Waals surface area contributed by atoms with E-state index in [-0.39, 0.29) is 42.4 Å². The van der Waals surface area contributed by atoms with Gasteiger partial charge in [0, 0.05) is 38.2 Å². The van der Waals surface area contributed by atoms with Crippen LogP contribution in [-0.2, 0) is 33.6 Å². The molecule has 0 spiro atoms. The van der Waals surface area contributed by atoms with E-state index in [0.29, 0.717) is 18.7 Å². The molecule has 0 aliphatic heterocycles. The van der Waals surface area contributed by atoms with Crippen molar-refractivity contribution in [1.29, 1.82) is 0 Å². The number of nitrogens with two attached hydrogens (primary N) is 3. The summed E-state index contributed by atoms with van der Waals surface area (Å²) < 4.78 is 11.0. The molecule has 4 fully saturated rings. The number of hydrogen-bond acceptors (Lipinski definition) is 10. The average molecular weight is 730 g/mol. The molecule has 15 nitrogen and oxygen atoms in total. The highest BCUT2D eigenvalue weighted by Crippen LogP contribution is 2.60. The molecule has 2 unspecified atom stereocenters. The fourth-order valence-corrected chi connectivity index (χ4v) is 9.39. The van der Waals surface area contributed by atoms with Gasteiger partial charge in [-0.2, -0.15) is 4.98 Å². The predicted octanol–water partition coefficient (Wildman–Crippen LogP) is 3.19. The first-order valence-corrected chi connectivity index (χ1v) is 18.5. The van der Waals surface area contributed by atoms with Gasteiger partial charge >= 0.3 is 6.09 Å². The molecule has 15 heteroatoms. The minimum atomic E-state index is -1.31. The van der Waals surface area contributed by atoms with Crippen LogP contribution in [0.3, 0.4) is 0 Å². The third-order valence-electron chi connectivity index (χ3n) is 11.2. The molecule has 4 aliphatic carbocycles. The number of guanidine groups is 1. The highest BCUT2D eigenvalue weighted by Gasteiger charge is 2.51. The van der Waals surface area contributed by atoms with Crippen molar-refractivity contribution < 1.29 is 28.8 Å². The standard InChI is InChI=1S/C38H51N9O6/c1-21-10-27(48)11-22(2)28(21)16-29(44-34(50)31(52-37(41)51)4-3-7-43-36(39)40)33(49)45-30(15-23-5-8-42-9-6-23)35-46-32(47-53-35)20-38-17-24-12-25(18-38)14-26(13-24)19-38/h5-6,8-11,24-26,29-31,48H,3-4,7,12-20H2,1-2H3,(H2,41,51)(H,44,50)(H,45,49)(H4,39,40,43)/t24?,25?,26?,29?,30-,31?,38?/m0/s1. The van der Waals surface area contributed by atoms with Crippen LogP contribution in [0.1, 0.15) is 91.4 Å². The van der Waals surface area contributed by atoms with Gasteiger partial charge in [0.1, 0.15) is 17.8 Å². The molecule has 2 aromatic heterocycles. The van der Waals surface area contributed by atoms with Crippen LogP contribution in [-0.4, -0.2) is 62.8 Å². The normalized spacial score (nSPS) is 23.1. The summed E-state index contributed by atoms with van der Waals surface area (Å²) in [6, 6.07) is 5.01. The SMILES string of the molecule is Cc1cc(O)cc(C)c1CC(NC(=O)C(CCCN=C(N)N)OC(N)=O)C(=O)N[C@@H](Cc1ccncc1)c1nc(CC23CC4CC(CC(C4)C2)C3)no1. The maximum Gasteiger partial charge on any atom is 0.405 e. The minimum absolute atomic E-state index is 0.0519. The Bertz CT molecular complexity index is 1750. The molecule has 7 rings (SSSR count). The van der Waals surface area contributed by atoms with E-state index in [1.807, 2.05) is 26.0 Å². The van der Waals surface area contributed by atoms with Crippen LogP contribution in [0.25, 0.3) is 0 Å². The number of carbonyl (C=O) groups is 3. The summed E-state index contributed by atoms with van der Waals surface area (Å²) in [5, 5.41) is 20.5. The molecule has 1 aromatic carbocycles. The van der Waals surface area contributed by atoms with Crippen molar-refractivity contribution in [3.63, 3.8) is 0 Å². The molecule has 4 bridgehead atoms. The Labute approximate surface area is 308 Å². The van der Waals surface area contributed by atoms with Crippen molar-refractivity contribution >= 4 is 23.9 Å². The molecule has 284 valence electrons. The van der Waals surface area contributed by atoms with Crippen LogP contribution in [0.2, 0.25) is 0 Å². The molecule has 9 N–H and O–H groups in total. The van der Waals surface area contributed by atoms with Crippen LogP contribution in [0.15, 0.2) is 46.2 Å². The molecule has 3 atom stereocenters. The largest absolute Gasteiger partial charge is 0.508 e. The molecule has 0 radical (unpaired) electrons. The van der Waals surface area contributed by atoms with Gasteiger partial charge < -0.3 is 42.2 Å². The number of amides is 3. The van der Waals surface area contributed by atoms with Gasteiger partial charge in [0.15, 0.2) is 17.9 Å². The summed E-state index contributed by atoms with van der Waals surface area (Å²) in [6.45, 7) is 3.82. The Balaban J connectivity index is 1.25. The van der Waals surface area contributed by atoms with Crippen LogP contribution < -0.4 is 27.8 Å². The number of hydrogen-bond donors (Lipinski definition) is 6. The van der Waals surface area contributed by atoms with Crippen LogP contribution >= 0.6 is 0 Å². The maximum atomic E-state index is 14.4. The maximum absolute atomic E-state index is 14.4. The summed E-state index contributed by atoms with van der Waals surface area (Å²) in [5.74, 6) is 1.99. The highest BCUT2D eigenvalue weighted by atomic mass is 16.6. The summed E-state index contributed by atoms with van der Waals surface area (Å²) in [7, 11) is 0. The zero-order valence-corrected chi connectivity index (χ0v) is 30.4. The fraction of sp³-hybridized carbons (Fsp3) is 0.553. The van der Waals surface area contributed by atoms with Crippen molar-refractivity contribution in [2.45, 2.75) is 103 Å². The second kappa shape index (κ2) is 16.2. The summed E-state index contributed by atoms with van der Waals surface area (Å²) in [5.41, 5.74) is 19.5. The van der Waals surface area contributed by atoms with Crippen molar-refractivity contribution in [2.24, 2.45) is 45.4 Å². The molecule has 4 saturated carbocycles. The lowest BCUT2D eigenvalue weighted by atomic mass is 9.49. The van der Waals surface area contributed by atoms with Gasteiger partial charge in [-0.3, -0.25) is 19.6 Å². The van der Waals surface area contributed by atoms with E-state index in [9.17, 15) is 19.5 Å². The van der Waals surface area contributed by atoms with Crippen molar-refractivity contribution in [3.05, 3.63) is 70.6 Å². The quantitative estimate of drug-likeness (QED) is 0.0710. The van der Waals surface area contributed by atoms with Gasteiger partial charge in [0.05, 0.1) is 0 Å². The smallest absolute Gasteiger partial charge is 0.405 e. The summed E-state index contributed by atoms with van der Waals surface area (Å²) in [6.07, 6.45) is 10.00. The van der Waals surface area contributed by atoms with Gasteiger partial charge in [-0.15, -0.1) is 0 Å². The molecule has 3 aromatic rings. The number of carbonyl (C=O) groups excluding carboxylic acids is 3. The van der Waals surface area contributed by atoms with E-state index in [0.717, 1.165) is 46.4 Å². The Kier molecular flexibility index (Phi) is 11.5. The number of ether oxygens (including phenoxy) is 1. The summed E-state index contributed by atoms with van der Waals surface area (Å²) in [4.78, 5) is 52.8. The summed E-state index contributed by atoms with van der Waals surface area (Å²) >= 11 is 0. The zero-order chi connectivity index (χ0) is 37.7. The number of primary amides is 1. The Morgan fingerprint density at radius 1 is 0.981 bits per heavy atom. The van der Waals surface area contributed by atoms with Crippen molar-refractivity contribution in [1.82, 2.24) is 25.8 Å². The monoisotopic (exact) mass is 729 g/mol. The number of aliphatic imine (C=N–C) groups is 1. The molecular weight excluding hydrogens is 678 g/mol.